The molecule has 0 aromatic heterocycles. The van der Waals surface area contributed by atoms with Gasteiger partial charge in [-0.3, -0.25) is 9.59 Å². The fraction of sp³-hybridized carbons (Fsp3) is 0.500. The molecule has 2 radical (unpaired) electrons. The van der Waals surface area contributed by atoms with Gasteiger partial charge in [-0.2, -0.15) is 0 Å². The van der Waals surface area contributed by atoms with Gasteiger partial charge in [-0.1, -0.05) is 0 Å². The molecule has 0 aromatic carbocycles. The van der Waals surface area contributed by atoms with E-state index >= 15 is 0 Å². The summed E-state index contributed by atoms with van der Waals surface area (Å²) in [6.07, 6.45) is -0.593. The number of hydrogen-bond acceptors (Lipinski definition) is 2. The molecule has 0 saturated heterocycles. The summed E-state index contributed by atoms with van der Waals surface area (Å²) in [5.74, 6) is -2.15. The predicted octanol–water partition coefficient (Wildman–Crippen LogP) is -0.0692. The van der Waals surface area contributed by atoms with E-state index in [0.29, 0.717) is 0 Å². The van der Waals surface area contributed by atoms with Crippen molar-refractivity contribution in [3.05, 3.63) is 0 Å². The summed E-state index contributed by atoms with van der Waals surface area (Å²) in [7, 11) is 0. The van der Waals surface area contributed by atoms with Crippen LogP contribution in [0.1, 0.15) is 12.8 Å². The first-order valence-electron chi connectivity index (χ1n) is 2.06. The van der Waals surface area contributed by atoms with Gasteiger partial charge in [0, 0.05) is 33.8 Å². The Morgan fingerprint density at radius 3 is 1.30 bits per heavy atom. The van der Waals surface area contributed by atoms with Gasteiger partial charge in [0.2, 0.25) is 0 Å². The molecule has 0 bridgehead atoms. The van der Waals surface area contributed by atoms with Crippen LogP contribution in [0.2, 0.25) is 0 Å². The molecule has 0 aliphatic heterocycles. The van der Waals surface area contributed by atoms with Crippen LogP contribution in [-0.4, -0.2) is 22.2 Å². The molecule has 0 atom stereocenters. The van der Waals surface area contributed by atoms with Gasteiger partial charge in [-0.25, -0.2) is 0 Å². The van der Waals surface area contributed by atoms with Crippen molar-refractivity contribution in [3.63, 3.8) is 0 Å². The summed E-state index contributed by atoms with van der Waals surface area (Å²) in [6, 6.07) is 0. The summed E-state index contributed by atoms with van der Waals surface area (Å²) >= 11 is 0. The smallest absolute Gasteiger partial charge is 0.303 e. The molecular formula is C4H6CoMnO4. The van der Waals surface area contributed by atoms with Gasteiger partial charge in [-0.15, -0.1) is 0 Å². The van der Waals surface area contributed by atoms with E-state index in [1.165, 1.54) is 0 Å². The molecule has 0 aliphatic rings. The van der Waals surface area contributed by atoms with Crippen LogP contribution in [0, 0.1) is 0 Å². The van der Waals surface area contributed by atoms with Gasteiger partial charge < -0.3 is 10.2 Å². The maximum atomic E-state index is 9.64. The first kappa shape index (κ1) is 16.5. The molecule has 0 fully saturated rings. The molecule has 6 heteroatoms. The minimum absolute atomic E-state index is 0. The predicted molar refractivity (Wildman–Crippen MR) is 24.5 cm³/mol. The third-order valence-corrected chi connectivity index (χ3v) is 0.553. The first-order valence-corrected chi connectivity index (χ1v) is 2.06. The number of carboxylic acid groups (broad SMARTS) is 2. The number of aliphatic carboxylic acids is 2. The van der Waals surface area contributed by atoms with Gasteiger partial charge in [0.25, 0.3) is 0 Å². The third-order valence-electron chi connectivity index (χ3n) is 0.553. The largest absolute Gasteiger partial charge is 0.481 e. The fourth-order valence-electron chi connectivity index (χ4n) is 0.214. The SMILES string of the molecule is O=C(O)CCC(=O)O.[Co].[Mn]. The third kappa shape index (κ3) is 15.7. The fourth-order valence-corrected chi connectivity index (χ4v) is 0.214. The molecule has 0 saturated carbocycles. The second kappa shape index (κ2) is 8.97. The second-order valence-corrected chi connectivity index (χ2v) is 1.29. The summed E-state index contributed by atoms with van der Waals surface area (Å²) in [6.45, 7) is 0. The zero-order valence-corrected chi connectivity index (χ0v) is 7.06. The molecule has 4 nitrogen and oxygen atoms in total. The number of hydrogen-bond donors (Lipinski definition) is 2. The Kier molecular flexibility index (Phi) is 14.8. The molecular weight excluding hydrogens is 226 g/mol. The first-order chi connectivity index (χ1) is 3.63. The van der Waals surface area contributed by atoms with E-state index in [-0.39, 0.29) is 46.7 Å². The Morgan fingerprint density at radius 2 is 1.20 bits per heavy atom. The van der Waals surface area contributed by atoms with Crippen molar-refractivity contribution in [1.82, 2.24) is 0 Å². The average Bonchev–Trinajstić information content (AvgIpc) is 1.61. The average molecular weight is 232 g/mol. The van der Waals surface area contributed by atoms with Crippen LogP contribution in [0.15, 0.2) is 0 Å². The zero-order chi connectivity index (χ0) is 6.57. The summed E-state index contributed by atoms with van der Waals surface area (Å²) in [4.78, 5) is 19.3. The number of carbonyl (C=O) groups is 2. The van der Waals surface area contributed by atoms with Crippen molar-refractivity contribution in [2.24, 2.45) is 0 Å². The van der Waals surface area contributed by atoms with E-state index in [2.05, 4.69) is 0 Å². The van der Waals surface area contributed by atoms with Crippen LogP contribution in [-0.2, 0) is 43.4 Å². The van der Waals surface area contributed by atoms with Crippen LogP contribution in [0.3, 0.4) is 0 Å². The van der Waals surface area contributed by atoms with Crippen molar-refractivity contribution in [1.29, 1.82) is 0 Å². The maximum absolute atomic E-state index is 9.64. The van der Waals surface area contributed by atoms with E-state index in [0.717, 1.165) is 0 Å². The van der Waals surface area contributed by atoms with Crippen LogP contribution >= 0.6 is 0 Å². The zero-order valence-electron chi connectivity index (χ0n) is 4.84. The van der Waals surface area contributed by atoms with Gasteiger partial charge in [0.15, 0.2) is 0 Å². The standard InChI is InChI=1S/C4H6O4.Co.Mn/c5-3(6)1-2-4(7)8;;/h1-2H2,(H,5,6)(H,7,8);;. The monoisotopic (exact) mass is 232 g/mol. The molecule has 10 heavy (non-hydrogen) atoms. The Labute approximate surface area is 78.7 Å². The normalized spacial score (nSPS) is 6.80. The van der Waals surface area contributed by atoms with Crippen LogP contribution in [0.5, 0.6) is 0 Å². The van der Waals surface area contributed by atoms with E-state index < -0.39 is 11.9 Å². The van der Waals surface area contributed by atoms with Crippen LogP contribution < -0.4 is 0 Å². The van der Waals surface area contributed by atoms with Gasteiger partial charge in [-0.05, 0) is 0 Å². The van der Waals surface area contributed by atoms with Crippen LogP contribution in [0.4, 0.5) is 0 Å². The summed E-state index contributed by atoms with van der Waals surface area (Å²) in [5, 5.41) is 15.8. The number of rotatable bonds is 3. The molecule has 0 aromatic rings. The molecule has 0 heterocycles. The number of carboxylic acids is 2. The van der Waals surface area contributed by atoms with Crippen molar-refractivity contribution < 1.29 is 53.6 Å². The second-order valence-electron chi connectivity index (χ2n) is 1.29. The van der Waals surface area contributed by atoms with Gasteiger partial charge in [0.1, 0.15) is 0 Å². The molecule has 0 aliphatic carbocycles. The van der Waals surface area contributed by atoms with E-state index in [1.807, 2.05) is 0 Å². The van der Waals surface area contributed by atoms with Gasteiger partial charge in [0.05, 0.1) is 12.8 Å². The Balaban J connectivity index is -0.000000245. The van der Waals surface area contributed by atoms with E-state index in [9.17, 15) is 9.59 Å². The Morgan fingerprint density at radius 1 is 1.00 bits per heavy atom. The summed E-state index contributed by atoms with van der Waals surface area (Å²) < 4.78 is 0. The van der Waals surface area contributed by atoms with Gasteiger partial charge >= 0.3 is 11.9 Å². The molecule has 0 unspecified atom stereocenters. The topological polar surface area (TPSA) is 74.6 Å². The van der Waals surface area contributed by atoms with Crippen molar-refractivity contribution in [2.75, 3.05) is 0 Å². The molecule has 0 rings (SSSR count). The molecule has 0 amide bonds. The maximum Gasteiger partial charge on any atom is 0.303 e. The van der Waals surface area contributed by atoms with E-state index in [4.69, 9.17) is 10.2 Å². The minimum Gasteiger partial charge on any atom is -0.481 e. The van der Waals surface area contributed by atoms with E-state index in [1.54, 1.807) is 0 Å². The Bertz CT molecular complexity index is 102. The van der Waals surface area contributed by atoms with Crippen molar-refractivity contribution in [2.45, 2.75) is 12.8 Å². The molecule has 62 valence electrons. The van der Waals surface area contributed by atoms with Crippen molar-refractivity contribution in [3.8, 4) is 0 Å². The summed E-state index contributed by atoms with van der Waals surface area (Å²) in [5.41, 5.74) is 0. The molecule has 0 spiro atoms. The minimum atomic E-state index is -1.08. The molecule has 2 N–H and O–H groups in total. The quantitative estimate of drug-likeness (QED) is 0.668. The Hall–Kier alpha value is -0.0340. The van der Waals surface area contributed by atoms with Crippen molar-refractivity contribution >= 4 is 11.9 Å². The van der Waals surface area contributed by atoms with Crippen LogP contribution in [0.25, 0.3) is 0 Å².